The maximum absolute atomic E-state index is 13.0. The molecule has 4 amide bonds. The molecule has 2 heterocycles. The number of hydrogen-bond donors (Lipinski definition) is 2. The number of benzene rings is 1. The minimum atomic E-state index is -1.14. The molecule has 2 fully saturated rings. The number of barbiturate groups is 1. The van der Waals surface area contributed by atoms with E-state index in [-0.39, 0.29) is 0 Å². The second-order valence-corrected chi connectivity index (χ2v) is 6.73. The molecule has 2 saturated heterocycles. The van der Waals surface area contributed by atoms with Crippen LogP contribution < -0.4 is 15.6 Å². The molecule has 3 rings (SSSR count). The Hall–Kier alpha value is -2.67. The van der Waals surface area contributed by atoms with Crippen molar-refractivity contribution in [2.75, 3.05) is 18.0 Å². The predicted octanol–water partition coefficient (Wildman–Crippen LogP) is 2.09. The van der Waals surface area contributed by atoms with E-state index < -0.39 is 23.8 Å². The van der Waals surface area contributed by atoms with E-state index in [1.165, 1.54) is 12.8 Å². The number of aryl methyl sites for hydroxylation is 1. The van der Waals surface area contributed by atoms with E-state index >= 15 is 0 Å². The van der Waals surface area contributed by atoms with E-state index in [2.05, 4.69) is 17.3 Å². The van der Waals surface area contributed by atoms with Crippen LogP contribution in [0, 0.1) is 12.8 Å². The number of carbonyl (C=O) groups is 3. The lowest BCUT2D eigenvalue weighted by molar-refractivity contribution is -0.133. The summed E-state index contributed by atoms with van der Waals surface area (Å²) in [6.45, 7) is 7.39. The van der Waals surface area contributed by atoms with Gasteiger partial charge in [0.15, 0.2) is 5.92 Å². The highest BCUT2D eigenvalue weighted by atomic mass is 16.2. The molecule has 138 valence electrons. The maximum Gasteiger partial charge on any atom is 0.335 e. The average Bonchev–Trinajstić information content (AvgIpc) is 2.84. The molecule has 1 aromatic carbocycles. The molecule has 0 bridgehead atoms. The summed E-state index contributed by atoms with van der Waals surface area (Å²) >= 11 is 0. The lowest BCUT2D eigenvalue weighted by Gasteiger charge is -2.33. The number of rotatable bonds is 4. The molecule has 1 aromatic rings. The number of urea groups is 1. The molecule has 0 unspecified atom stereocenters. The zero-order valence-corrected chi connectivity index (χ0v) is 15.0. The standard InChI is InChI=1S/C19H24N4O3/c1-13-9-5-6-10-15(13)23-18(25)16(17(24)20-19(23)26)14(2)21-22-11-7-3-4-8-12-22/h5-6,9-10,16,21H,2-4,7-8,11-12H2,1H3,(H,20,24,26)/t16-/m1/s1. The Kier molecular flexibility index (Phi) is 5.37. The number of hydrogen-bond acceptors (Lipinski definition) is 5. The third kappa shape index (κ3) is 3.62. The first-order valence-electron chi connectivity index (χ1n) is 8.94. The number of nitrogens with zero attached hydrogens (tertiary/aromatic N) is 2. The van der Waals surface area contributed by atoms with Crippen molar-refractivity contribution in [1.29, 1.82) is 0 Å². The van der Waals surface area contributed by atoms with Crippen LogP contribution in [0.2, 0.25) is 0 Å². The number of carbonyl (C=O) groups excluding carboxylic acids is 3. The third-order valence-corrected chi connectivity index (χ3v) is 4.78. The minimum Gasteiger partial charge on any atom is -0.322 e. The summed E-state index contributed by atoms with van der Waals surface area (Å²) in [7, 11) is 0. The van der Waals surface area contributed by atoms with Gasteiger partial charge in [-0.1, -0.05) is 37.6 Å². The van der Waals surface area contributed by atoms with Gasteiger partial charge in [-0.2, -0.15) is 0 Å². The fraction of sp³-hybridized carbons (Fsp3) is 0.421. The number of nitrogens with one attached hydrogen (secondary N) is 2. The molecule has 0 aromatic heterocycles. The summed E-state index contributed by atoms with van der Waals surface area (Å²) in [6, 6.07) is 6.34. The van der Waals surface area contributed by atoms with E-state index in [1.807, 2.05) is 24.1 Å². The van der Waals surface area contributed by atoms with E-state index in [0.717, 1.165) is 36.4 Å². The van der Waals surface area contributed by atoms with Crippen LogP contribution in [-0.2, 0) is 9.59 Å². The molecular formula is C19H24N4O3. The fourth-order valence-electron chi connectivity index (χ4n) is 3.37. The molecule has 2 aliphatic heterocycles. The van der Waals surface area contributed by atoms with Gasteiger partial charge in [0, 0.05) is 18.8 Å². The van der Waals surface area contributed by atoms with Gasteiger partial charge in [0.05, 0.1) is 5.69 Å². The number of para-hydroxylation sites is 1. The molecule has 26 heavy (non-hydrogen) atoms. The lowest BCUT2D eigenvalue weighted by Crippen LogP contribution is -2.60. The number of hydrazine groups is 1. The predicted molar refractivity (Wildman–Crippen MR) is 98.0 cm³/mol. The Balaban J connectivity index is 1.81. The third-order valence-electron chi connectivity index (χ3n) is 4.78. The van der Waals surface area contributed by atoms with Crippen LogP contribution in [-0.4, -0.2) is 35.9 Å². The molecule has 0 aliphatic carbocycles. The van der Waals surface area contributed by atoms with Crippen molar-refractivity contribution in [3.05, 3.63) is 42.1 Å². The van der Waals surface area contributed by atoms with Crippen molar-refractivity contribution in [3.8, 4) is 0 Å². The Morgan fingerprint density at radius 1 is 1.12 bits per heavy atom. The van der Waals surface area contributed by atoms with Gasteiger partial charge in [0.1, 0.15) is 0 Å². The van der Waals surface area contributed by atoms with Gasteiger partial charge in [0.25, 0.3) is 5.91 Å². The van der Waals surface area contributed by atoms with E-state index in [1.54, 1.807) is 12.1 Å². The van der Waals surface area contributed by atoms with Crippen molar-refractivity contribution in [2.24, 2.45) is 5.92 Å². The van der Waals surface area contributed by atoms with Crippen molar-refractivity contribution in [3.63, 3.8) is 0 Å². The van der Waals surface area contributed by atoms with Crippen LogP contribution in [0.5, 0.6) is 0 Å². The summed E-state index contributed by atoms with van der Waals surface area (Å²) < 4.78 is 0. The normalized spacial score (nSPS) is 22.0. The van der Waals surface area contributed by atoms with Gasteiger partial charge in [-0.3, -0.25) is 14.9 Å². The van der Waals surface area contributed by atoms with Gasteiger partial charge in [-0.25, -0.2) is 14.7 Å². The highest BCUT2D eigenvalue weighted by Gasteiger charge is 2.43. The highest BCUT2D eigenvalue weighted by Crippen LogP contribution is 2.26. The summed E-state index contributed by atoms with van der Waals surface area (Å²) in [5.74, 6) is -2.37. The van der Waals surface area contributed by atoms with Crippen molar-refractivity contribution >= 4 is 23.5 Å². The Morgan fingerprint density at radius 2 is 1.77 bits per heavy atom. The SMILES string of the molecule is C=C(NN1CCCCCC1)[C@@H]1C(=O)NC(=O)N(c2ccccc2C)C1=O. The van der Waals surface area contributed by atoms with Gasteiger partial charge in [0.2, 0.25) is 5.91 Å². The van der Waals surface area contributed by atoms with Crippen LogP contribution >= 0.6 is 0 Å². The molecule has 1 atom stereocenters. The van der Waals surface area contributed by atoms with E-state index in [0.29, 0.717) is 11.4 Å². The van der Waals surface area contributed by atoms with Gasteiger partial charge >= 0.3 is 6.03 Å². The van der Waals surface area contributed by atoms with E-state index in [9.17, 15) is 14.4 Å². The smallest absolute Gasteiger partial charge is 0.322 e. The van der Waals surface area contributed by atoms with Gasteiger partial charge < -0.3 is 5.43 Å². The number of anilines is 1. The molecule has 0 saturated carbocycles. The maximum atomic E-state index is 13.0. The molecule has 0 radical (unpaired) electrons. The average molecular weight is 356 g/mol. The van der Waals surface area contributed by atoms with Gasteiger partial charge in [-0.15, -0.1) is 0 Å². The molecule has 2 aliphatic rings. The quantitative estimate of drug-likeness (QED) is 0.808. The second kappa shape index (κ2) is 7.70. The summed E-state index contributed by atoms with van der Waals surface area (Å²) in [5, 5.41) is 4.26. The first-order valence-corrected chi connectivity index (χ1v) is 8.94. The van der Waals surface area contributed by atoms with E-state index in [4.69, 9.17) is 0 Å². The zero-order chi connectivity index (χ0) is 18.7. The van der Waals surface area contributed by atoms with Gasteiger partial charge in [-0.05, 0) is 31.4 Å². The zero-order valence-electron chi connectivity index (χ0n) is 15.0. The first-order chi connectivity index (χ1) is 12.5. The first kappa shape index (κ1) is 18.1. The topological polar surface area (TPSA) is 81.8 Å². The minimum absolute atomic E-state index is 0.292. The Bertz CT molecular complexity index is 738. The number of amides is 4. The monoisotopic (exact) mass is 356 g/mol. The molecule has 2 N–H and O–H groups in total. The summed E-state index contributed by atoms with van der Waals surface area (Å²) in [4.78, 5) is 38.6. The van der Waals surface area contributed by atoms with Crippen molar-refractivity contribution in [1.82, 2.24) is 15.8 Å². The van der Waals surface area contributed by atoms with Crippen molar-refractivity contribution < 1.29 is 14.4 Å². The lowest BCUT2D eigenvalue weighted by atomic mass is 10.0. The fourth-order valence-corrected chi connectivity index (χ4v) is 3.37. The largest absolute Gasteiger partial charge is 0.335 e. The summed E-state index contributed by atoms with van der Waals surface area (Å²) in [6.07, 6.45) is 4.45. The van der Waals surface area contributed by atoms with Crippen LogP contribution in [0.25, 0.3) is 0 Å². The molecule has 0 spiro atoms. The van der Waals surface area contributed by atoms with Crippen LogP contribution in [0.4, 0.5) is 10.5 Å². The summed E-state index contributed by atoms with van der Waals surface area (Å²) in [5.41, 5.74) is 4.64. The van der Waals surface area contributed by atoms with Crippen LogP contribution in [0.1, 0.15) is 31.2 Å². The Labute approximate surface area is 153 Å². The number of imide groups is 2. The van der Waals surface area contributed by atoms with Crippen LogP contribution in [0.15, 0.2) is 36.5 Å². The van der Waals surface area contributed by atoms with Crippen molar-refractivity contribution in [2.45, 2.75) is 32.6 Å². The van der Waals surface area contributed by atoms with Crippen LogP contribution in [0.3, 0.4) is 0 Å². The molecule has 7 nitrogen and oxygen atoms in total. The molecular weight excluding hydrogens is 332 g/mol. The Morgan fingerprint density at radius 3 is 2.42 bits per heavy atom. The second-order valence-electron chi connectivity index (χ2n) is 6.73. The molecule has 7 heteroatoms. The highest BCUT2D eigenvalue weighted by molar-refractivity contribution is 6.28.